The van der Waals surface area contributed by atoms with E-state index in [-0.39, 0.29) is 24.0 Å². The van der Waals surface area contributed by atoms with Crippen LogP contribution in [0.25, 0.3) is 0 Å². The molecule has 2 rings (SSSR count). The van der Waals surface area contributed by atoms with E-state index >= 15 is 0 Å². The highest BCUT2D eigenvalue weighted by Crippen LogP contribution is 2.19. The van der Waals surface area contributed by atoms with Gasteiger partial charge < -0.3 is 20.9 Å². The third-order valence-electron chi connectivity index (χ3n) is 4.50. The molecule has 148 valence electrons. The molecule has 1 aliphatic heterocycles. The van der Waals surface area contributed by atoms with E-state index in [0.29, 0.717) is 25.9 Å². The van der Waals surface area contributed by atoms with Gasteiger partial charge in [-0.1, -0.05) is 19.1 Å². The number of urea groups is 1. The molecule has 0 radical (unpaired) electrons. The van der Waals surface area contributed by atoms with Crippen molar-refractivity contribution >= 4 is 23.5 Å². The van der Waals surface area contributed by atoms with E-state index in [1.807, 2.05) is 6.92 Å². The van der Waals surface area contributed by atoms with E-state index in [4.69, 9.17) is 0 Å². The fourth-order valence-corrected chi connectivity index (χ4v) is 2.93. The zero-order valence-electron chi connectivity index (χ0n) is 15.8. The second-order valence-electron chi connectivity index (χ2n) is 6.72. The minimum atomic E-state index is -0.633. The smallest absolute Gasteiger partial charge is 0.321 e. The van der Waals surface area contributed by atoms with E-state index in [9.17, 15) is 18.8 Å². The normalized spacial score (nSPS) is 17.7. The number of piperidine rings is 1. The van der Waals surface area contributed by atoms with Gasteiger partial charge in [-0.25, -0.2) is 9.18 Å². The Bertz CT molecular complexity index is 683. The average molecular weight is 378 g/mol. The number of carbonyl (C=O) groups is 3. The maximum absolute atomic E-state index is 13.7. The van der Waals surface area contributed by atoms with Gasteiger partial charge in [0.25, 0.3) is 0 Å². The van der Waals surface area contributed by atoms with Gasteiger partial charge in [0.2, 0.25) is 11.8 Å². The Kier molecular flexibility index (Phi) is 7.57. The zero-order valence-corrected chi connectivity index (χ0v) is 15.8. The van der Waals surface area contributed by atoms with E-state index < -0.39 is 23.8 Å². The number of benzene rings is 1. The highest BCUT2D eigenvalue weighted by atomic mass is 19.1. The summed E-state index contributed by atoms with van der Waals surface area (Å²) in [7, 11) is 0. The first-order chi connectivity index (χ1) is 12.9. The van der Waals surface area contributed by atoms with Crippen LogP contribution in [0.4, 0.5) is 14.9 Å². The second-order valence-corrected chi connectivity index (χ2v) is 6.72. The summed E-state index contributed by atoms with van der Waals surface area (Å²) in [4.78, 5) is 38.2. The number of rotatable bonds is 6. The molecule has 1 aromatic rings. The largest absolute Gasteiger partial charge is 0.354 e. The predicted octanol–water partition coefficient (Wildman–Crippen LogP) is 2.10. The molecule has 8 heteroatoms. The van der Waals surface area contributed by atoms with Crippen molar-refractivity contribution in [3.63, 3.8) is 0 Å². The van der Waals surface area contributed by atoms with Crippen molar-refractivity contribution in [3.8, 4) is 0 Å². The Balaban J connectivity index is 1.89. The van der Waals surface area contributed by atoms with E-state index in [0.717, 1.165) is 6.42 Å². The number of nitrogens with zero attached hydrogens (tertiary/aromatic N) is 1. The number of anilines is 1. The quantitative estimate of drug-likeness (QED) is 0.708. The average Bonchev–Trinajstić information content (AvgIpc) is 2.67. The summed E-state index contributed by atoms with van der Waals surface area (Å²) in [6, 6.07) is 4.86. The van der Waals surface area contributed by atoms with Crippen LogP contribution in [0.2, 0.25) is 0 Å². The van der Waals surface area contributed by atoms with Crippen molar-refractivity contribution in [1.82, 2.24) is 15.5 Å². The maximum atomic E-state index is 13.7. The summed E-state index contributed by atoms with van der Waals surface area (Å²) < 4.78 is 13.7. The van der Waals surface area contributed by atoms with Crippen LogP contribution in [0.1, 0.15) is 33.1 Å². The predicted molar refractivity (Wildman–Crippen MR) is 101 cm³/mol. The van der Waals surface area contributed by atoms with Gasteiger partial charge in [0.1, 0.15) is 11.9 Å². The Morgan fingerprint density at radius 2 is 2.04 bits per heavy atom. The molecule has 1 saturated heterocycles. The molecular weight excluding hydrogens is 351 g/mol. The lowest BCUT2D eigenvalue weighted by molar-refractivity contribution is -0.131. The van der Waals surface area contributed by atoms with Crippen molar-refractivity contribution < 1.29 is 18.8 Å². The molecule has 7 nitrogen and oxygen atoms in total. The van der Waals surface area contributed by atoms with Crippen LogP contribution in [0.5, 0.6) is 0 Å². The standard InChI is InChI=1S/C19H27FN4O3/c1-3-10-21-17(25)13(2)22-18(26)14-7-6-11-24(12-14)19(27)23-16-9-5-4-8-15(16)20/h4-5,8-9,13-14H,3,6-7,10-12H2,1-2H3,(H,21,25)(H,22,26)(H,23,27). The zero-order chi connectivity index (χ0) is 19.8. The van der Waals surface area contributed by atoms with Crippen LogP contribution in [0.3, 0.4) is 0 Å². The Morgan fingerprint density at radius 1 is 1.30 bits per heavy atom. The number of carbonyl (C=O) groups excluding carboxylic acids is 3. The SMILES string of the molecule is CCCNC(=O)C(C)NC(=O)C1CCCN(C(=O)Nc2ccccc2F)C1. The Hall–Kier alpha value is -2.64. The van der Waals surface area contributed by atoms with Crippen LogP contribution < -0.4 is 16.0 Å². The molecule has 27 heavy (non-hydrogen) atoms. The number of amides is 4. The molecule has 1 heterocycles. The van der Waals surface area contributed by atoms with Crippen LogP contribution in [-0.2, 0) is 9.59 Å². The Morgan fingerprint density at radius 3 is 2.74 bits per heavy atom. The van der Waals surface area contributed by atoms with Gasteiger partial charge in [-0.2, -0.15) is 0 Å². The van der Waals surface area contributed by atoms with Gasteiger partial charge >= 0.3 is 6.03 Å². The monoisotopic (exact) mass is 378 g/mol. The molecule has 1 aliphatic rings. The summed E-state index contributed by atoms with van der Waals surface area (Å²) in [5.41, 5.74) is 0.107. The lowest BCUT2D eigenvalue weighted by atomic mass is 9.97. The molecule has 3 N–H and O–H groups in total. The molecular formula is C19H27FN4O3. The van der Waals surface area contributed by atoms with Crippen molar-refractivity contribution in [2.24, 2.45) is 5.92 Å². The first-order valence-electron chi connectivity index (χ1n) is 9.31. The van der Waals surface area contributed by atoms with Gasteiger partial charge in [0, 0.05) is 19.6 Å². The van der Waals surface area contributed by atoms with E-state index in [1.54, 1.807) is 19.1 Å². The van der Waals surface area contributed by atoms with Gasteiger partial charge in [-0.3, -0.25) is 9.59 Å². The summed E-state index contributed by atoms with van der Waals surface area (Å²) in [6.07, 6.45) is 2.12. The molecule has 2 atom stereocenters. The fraction of sp³-hybridized carbons (Fsp3) is 0.526. The minimum absolute atomic E-state index is 0.107. The van der Waals surface area contributed by atoms with Gasteiger partial charge in [-0.15, -0.1) is 0 Å². The number of hydrogen-bond acceptors (Lipinski definition) is 3. The Labute approximate surface area is 158 Å². The van der Waals surface area contributed by atoms with Gasteiger partial charge in [-0.05, 0) is 38.3 Å². The summed E-state index contributed by atoms with van der Waals surface area (Å²) >= 11 is 0. The lowest BCUT2D eigenvalue weighted by Gasteiger charge is -2.32. The van der Waals surface area contributed by atoms with Gasteiger partial charge in [0.05, 0.1) is 11.6 Å². The third-order valence-corrected chi connectivity index (χ3v) is 4.50. The van der Waals surface area contributed by atoms with E-state index in [2.05, 4.69) is 16.0 Å². The summed E-state index contributed by atoms with van der Waals surface area (Å²) in [5, 5.41) is 7.98. The third kappa shape index (κ3) is 5.94. The topological polar surface area (TPSA) is 90.5 Å². The van der Waals surface area contributed by atoms with Crippen molar-refractivity contribution in [1.29, 1.82) is 0 Å². The maximum Gasteiger partial charge on any atom is 0.321 e. The summed E-state index contributed by atoms with van der Waals surface area (Å²) in [5.74, 6) is -1.39. The fourth-order valence-electron chi connectivity index (χ4n) is 2.93. The lowest BCUT2D eigenvalue weighted by Crippen LogP contribution is -2.51. The molecule has 4 amide bonds. The molecule has 0 saturated carbocycles. The minimum Gasteiger partial charge on any atom is -0.354 e. The van der Waals surface area contributed by atoms with Crippen molar-refractivity contribution in [2.75, 3.05) is 25.0 Å². The molecule has 1 aromatic carbocycles. The molecule has 2 unspecified atom stereocenters. The first kappa shape index (κ1) is 20.7. The highest BCUT2D eigenvalue weighted by molar-refractivity contribution is 5.91. The molecule has 0 bridgehead atoms. The number of nitrogens with one attached hydrogen (secondary N) is 3. The summed E-state index contributed by atoms with van der Waals surface area (Å²) in [6.45, 7) is 4.87. The number of para-hydroxylation sites is 1. The van der Waals surface area contributed by atoms with Crippen molar-refractivity contribution in [2.45, 2.75) is 39.2 Å². The molecule has 1 fully saturated rings. The van der Waals surface area contributed by atoms with Crippen LogP contribution in [0.15, 0.2) is 24.3 Å². The molecule has 0 aromatic heterocycles. The second kappa shape index (κ2) is 9.89. The molecule has 0 spiro atoms. The number of hydrogen-bond donors (Lipinski definition) is 3. The van der Waals surface area contributed by atoms with Crippen LogP contribution in [-0.4, -0.2) is 48.4 Å². The number of likely N-dealkylation sites (tertiary alicyclic amines) is 1. The van der Waals surface area contributed by atoms with E-state index in [1.165, 1.54) is 17.0 Å². The van der Waals surface area contributed by atoms with Crippen LogP contribution >= 0.6 is 0 Å². The molecule has 0 aliphatic carbocycles. The number of halogens is 1. The van der Waals surface area contributed by atoms with Crippen LogP contribution in [0, 0.1) is 11.7 Å². The van der Waals surface area contributed by atoms with Gasteiger partial charge in [0.15, 0.2) is 0 Å². The highest BCUT2D eigenvalue weighted by Gasteiger charge is 2.30. The van der Waals surface area contributed by atoms with Crippen molar-refractivity contribution in [3.05, 3.63) is 30.1 Å². The first-order valence-corrected chi connectivity index (χ1v) is 9.31.